The van der Waals surface area contributed by atoms with Gasteiger partial charge in [0.05, 0.1) is 34.6 Å². The second-order valence-electron chi connectivity index (χ2n) is 13.9. The lowest BCUT2D eigenvalue weighted by Gasteiger charge is -2.36. The van der Waals surface area contributed by atoms with Gasteiger partial charge in [0.1, 0.15) is 35.5 Å². The van der Waals surface area contributed by atoms with Gasteiger partial charge in [-0.15, -0.1) is 0 Å². The molecule has 292 valence electrons. The number of carbonyl (C=O) groups excluding carboxylic acids is 1. The van der Waals surface area contributed by atoms with Gasteiger partial charge in [-0.3, -0.25) is 14.4 Å². The number of ether oxygens (including phenoxy) is 2. The Kier molecular flexibility index (Phi) is 13.4. The van der Waals surface area contributed by atoms with Crippen LogP contribution < -0.4 is 20.1 Å². The van der Waals surface area contributed by atoms with E-state index in [0.29, 0.717) is 67.0 Å². The molecule has 4 aromatic rings. The van der Waals surface area contributed by atoms with E-state index in [9.17, 15) is 23.0 Å². The van der Waals surface area contributed by atoms with Gasteiger partial charge in [0.25, 0.3) is 0 Å². The largest absolute Gasteiger partial charge is 0.491 e. The molecule has 2 aliphatic rings. The molecule has 6 rings (SSSR count). The highest BCUT2D eigenvalue weighted by Crippen LogP contribution is 2.33. The van der Waals surface area contributed by atoms with E-state index in [2.05, 4.69) is 80.0 Å². The summed E-state index contributed by atoms with van der Waals surface area (Å²) >= 11 is 0. The summed E-state index contributed by atoms with van der Waals surface area (Å²) in [6.07, 6.45) is 10.5. The van der Waals surface area contributed by atoms with Crippen molar-refractivity contribution in [3.63, 3.8) is 0 Å². The van der Waals surface area contributed by atoms with E-state index in [4.69, 9.17) is 4.74 Å². The Morgan fingerprint density at radius 2 is 1.84 bits per heavy atom. The summed E-state index contributed by atoms with van der Waals surface area (Å²) in [5.74, 6) is 0.901. The van der Waals surface area contributed by atoms with E-state index in [0.717, 1.165) is 43.3 Å². The van der Waals surface area contributed by atoms with Crippen LogP contribution in [0.15, 0.2) is 72.7 Å². The molecule has 2 aromatic carbocycles. The number of nitrogens with zero attached hydrogens (tertiary/aromatic N) is 7. The van der Waals surface area contributed by atoms with Gasteiger partial charge in [0, 0.05) is 30.6 Å². The number of halogens is 2. The average molecular weight is 776 g/mol. The highest BCUT2D eigenvalue weighted by Gasteiger charge is 2.28. The predicted molar refractivity (Wildman–Crippen MR) is 205 cm³/mol. The van der Waals surface area contributed by atoms with Crippen LogP contribution in [0.5, 0.6) is 11.5 Å². The van der Waals surface area contributed by atoms with Crippen LogP contribution in [0.25, 0.3) is 10.9 Å². The first-order valence-electron chi connectivity index (χ1n) is 18.7. The number of hydrogen-bond donors (Lipinski definition) is 2. The van der Waals surface area contributed by atoms with Gasteiger partial charge in [0.2, 0.25) is 11.9 Å². The molecule has 2 aromatic heterocycles. The fourth-order valence-electron chi connectivity index (χ4n) is 7.27. The highest BCUT2D eigenvalue weighted by atomic mass is 32.2. The third-order valence-corrected chi connectivity index (χ3v) is 11.8. The second-order valence-corrected chi connectivity index (χ2v) is 15.4. The van der Waals surface area contributed by atoms with E-state index in [1.165, 1.54) is 24.2 Å². The fourth-order valence-corrected chi connectivity index (χ4v) is 8.51. The number of benzene rings is 2. The van der Waals surface area contributed by atoms with Crippen molar-refractivity contribution in [3.05, 3.63) is 78.9 Å². The van der Waals surface area contributed by atoms with Crippen molar-refractivity contribution < 1.29 is 27.3 Å². The molecule has 13 nitrogen and oxygen atoms in total. The minimum absolute atomic E-state index is 0.0252. The summed E-state index contributed by atoms with van der Waals surface area (Å²) in [5.41, 5.74) is 2.60. The third-order valence-electron chi connectivity index (χ3n) is 10.3. The van der Waals surface area contributed by atoms with Gasteiger partial charge < -0.3 is 20.1 Å². The van der Waals surface area contributed by atoms with Gasteiger partial charge in [-0.25, -0.2) is 18.5 Å². The number of hydrogen-bond acceptors (Lipinski definition) is 10. The zero-order chi connectivity index (χ0) is 38.9. The Morgan fingerprint density at radius 1 is 1.09 bits per heavy atom. The summed E-state index contributed by atoms with van der Waals surface area (Å²) in [4.78, 5) is 23.8. The van der Waals surface area contributed by atoms with Crippen LogP contribution in [-0.4, -0.2) is 90.6 Å². The van der Waals surface area contributed by atoms with Crippen molar-refractivity contribution in [1.29, 1.82) is 5.26 Å². The first kappa shape index (κ1) is 39.7. The van der Waals surface area contributed by atoms with Crippen molar-refractivity contribution in [1.82, 2.24) is 34.3 Å². The summed E-state index contributed by atoms with van der Waals surface area (Å²) in [6.45, 7) is 8.14. The number of likely N-dealkylation sites (tertiary alicyclic amines) is 1. The highest BCUT2D eigenvalue weighted by molar-refractivity contribution is 7.82. The van der Waals surface area contributed by atoms with E-state index >= 15 is 0 Å². The molecular formula is C39H47F2N9O4S. The SMILES string of the molecule is C=CNC(=O)C(CCC)n1ncc2cc(C3CCN(C(C)COc4cc(S(=O)N5CCC(Nc6ncc(OC(F)F)cn6)CC5)ccc4C#N)CC3)ccc21. The lowest BCUT2D eigenvalue weighted by atomic mass is 9.88. The number of anilines is 1. The molecule has 2 fully saturated rings. The van der Waals surface area contributed by atoms with Gasteiger partial charge in [0.15, 0.2) is 5.75 Å². The van der Waals surface area contributed by atoms with E-state index in [-0.39, 0.29) is 23.7 Å². The molecule has 3 unspecified atom stereocenters. The number of piperidine rings is 2. The van der Waals surface area contributed by atoms with Gasteiger partial charge in [-0.2, -0.15) is 19.1 Å². The van der Waals surface area contributed by atoms with E-state index in [1.54, 1.807) is 18.2 Å². The van der Waals surface area contributed by atoms with Crippen LogP contribution in [0.2, 0.25) is 0 Å². The Morgan fingerprint density at radius 3 is 2.51 bits per heavy atom. The summed E-state index contributed by atoms with van der Waals surface area (Å²) in [6, 6.07) is 13.5. The van der Waals surface area contributed by atoms with Crippen molar-refractivity contribution in [2.24, 2.45) is 0 Å². The zero-order valence-electron chi connectivity index (χ0n) is 31.1. The first-order valence-corrected chi connectivity index (χ1v) is 19.8. The normalized spacial score (nSPS) is 17.7. The molecule has 2 saturated heterocycles. The molecule has 1 amide bonds. The molecule has 2 N–H and O–H groups in total. The molecule has 0 aliphatic carbocycles. The van der Waals surface area contributed by atoms with Gasteiger partial charge >= 0.3 is 6.61 Å². The molecule has 4 heterocycles. The number of rotatable bonds is 16. The Balaban J connectivity index is 0.993. The number of fused-ring (bicyclic) bond motifs is 1. The summed E-state index contributed by atoms with van der Waals surface area (Å²) < 4.78 is 52.6. The maximum Gasteiger partial charge on any atom is 0.387 e. The molecular weight excluding hydrogens is 729 g/mol. The number of carbonyl (C=O) groups is 1. The van der Waals surface area contributed by atoms with Crippen LogP contribution >= 0.6 is 0 Å². The number of nitriles is 1. The number of aromatic nitrogens is 4. The molecule has 3 atom stereocenters. The van der Waals surface area contributed by atoms with Crippen LogP contribution in [0, 0.1) is 11.3 Å². The monoisotopic (exact) mass is 775 g/mol. The molecule has 0 bridgehead atoms. The number of nitrogens with one attached hydrogen (secondary N) is 2. The lowest BCUT2D eigenvalue weighted by Crippen LogP contribution is -2.42. The minimum atomic E-state index is -2.94. The third kappa shape index (κ3) is 9.83. The Hall–Kier alpha value is -4.98. The molecule has 16 heteroatoms. The predicted octanol–water partition coefficient (Wildman–Crippen LogP) is 6.15. The number of alkyl halides is 2. The quantitative estimate of drug-likeness (QED) is 0.136. The fraction of sp³-hybridized carbons (Fsp3) is 0.462. The smallest absolute Gasteiger partial charge is 0.387 e. The van der Waals surface area contributed by atoms with Crippen LogP contribution in [-0.2, 0) is 15.8 Å². The van der Waals surface area contributed by atoms with Crippen molar-refractivity contribution >= 4 is 33.7 Å². The maximum atomic E-state index is 13.6. The minimum Gasteiger partial charge on any atom is -0.491 e. The number of amides is 1. The zero-order valence-corrected chi connectivity index (χ0v) is 31.9. The van der Waals surface area contributed by atoms with Crippen LogP contribution in [0.1, 0.15) is 75.5 Å². The molecule has 0 spiro atoms. The van der Waals surface area contributed by atoms with Crippen molar-refractivity contribution in [2.45, 2.75) is 87.9 Å². The first-order chi connectivity index (χ1) is 26.7. The second kappa shape index (κ2) is 18.6. The van der Waals surface area contributed by atoms with Crippen molar-refractivity contribution in [2.75, 3.05) is 38.1 Å². The Bertz CT molecular complexity index is 1990. The topological polar surface area (TPSA) is 151 Å². The van der Waals surface area contributed by atoms with Gasteiger partial charge in [-0.1, -0.05) is 26.0 Å². The van der Waals surface area contributed by atoms with Gasteiger partial charge in [-0.05, 0) is 100 Å². The van der Waals surface area contributed by atoms with E-state index in [1.807, 2.05) is 15.2 Å². The van der Waals surface area contributed by atoms with Crippen molar-refractivity contribution in [3.8, 4) is 17.6 Å². The van der Waals surface area contributed by atoms with Crippen LogP contribution in [0.3, 0.4) is 0 Å². The summed E-state index contributed by atoms with van der Waals surface area (Å²) in [5, 5.41) is 21.3. The lowest BCUT2D eigenvalue weighted by molar-refractivity contribution is -0.123. The average Bonchev–Trinajstić information content (AvgIpc) is 3.62. The standard InChI is InChI=1S/C39H47F2N9O4S/c1-4-6-35(37(51)43-5-2)50-34-10-8-28(19-30(34)22-46-50)27-11-15-48(16-12-27)26(3)25-53-36-20-33(9-7-29(36)21-42)55(52)49-17-13-31(14-18-49)47-39-44-23-32(24-45-39)54-38(40)41/h5,7-10,19-20,22-24,26-27,31,35,38H,2,4,6,11-18,25H2,1,3H3,(H,43,51)(H,44,45,47). The Labute approximate surface area is 322 Å². The summed E-state index contributed by atoms with van der Waals surface area (Å²) in [7, 11) is -1.46. The van der Waals surface area contributed by atoms with Crippen LogP contribution in [0.4, 0.5) is 14.7 Å². The van der Waals surface area contributed by atoms with E-state index < -0.39 is 23.6 Å². The molecule has 0 saturated carbocycles. The molecule has 0 radical (unpaired) electrons. The molecule has 55 heavy (non-hydrogen) atoms. The molecule has 2 aliphatic heterocycles. The maximum absolute atomic E-state index is 13.6.